The summed E-state index contributed by atoms with van der Waals surface area (Å²) in [6.45, 7) is -1.65. The molecule has 1 spiro atoms. The van der Waals surface area contributed by atoms with Gasteiger partial charge in [-0.25, -0.2) is 0 Å². The Kier molecular flexibility index (Phi) is 5.84. The first-order chi connectivity index (χ1) is 14.6. The molecule has 2 aliphatic heterocycles. The summed E-state index contributed by atoms with van der Waals surface area (Å²) in [6, 6.07) is 14.0. The molecule has 0 bridgehead atoms. The minimum atomic E-state index is -2.96. The van der Waals surface area contributed by atoms with Gasteiger partial charge in [0.15, 0.2) is 11.5 Å². The third-order valence-electron chi connectivity index (χ3n) is 4.96. The van der Waals surface area contributed by atoms with Crippen LogP contribution < -0.4 is 15.0 Å². The van der Waals surface area contributed by atoms with E-state index in [4.69, 9.17) is 19.6 Å². The van der Waals surface area contributed by atoms with Crippen molar-refractivity contribution in [1.29, 1.82) is 5.26 Å². The number of benzene rings is 2. The van der Waals surface area contributed by atoms with Crippen molar-refractivity contribution in [2.75, 3.05) is 19.8 Å². The average molecular weight is 414 g/mol. The normalized spacial score (nSPS) is 20.1. The Labute approximate surface area is 172 Å². The van der Waals surface area contributed by atoms with Gasteiger partial charge in [0.05, 0.1) is 30.5 Å². The Balaban J connectivity index is 1.51. The summed E-state index contributed by atoms with van der Waals surface area (Å²) < 4.78 is 41.4. The minimum Gasteiger partial charge on any atom is -0.489 e. The van der Waals surface area contributed by atoms with E-state index in [1.54, 1.807) is 30.3 Å². The maximum absolute atomic E-state index is 12.8. The summed E-state index contributed by atoms with van der Waals surface area (Å²) >= 11 is 0. The second kappa shape index (κ2) is 8.69. The molecular weight excluding hydrogens is 394 g/mol. The fourth-order valence-corrected chi connectivity index (χ4v) is 3.43. The SMILES string of the molecule is N#Cc1cccc(CCOc2cc(C3=CC4(CCOC4)ON3)ccc2OC(F)F)c1. The van der Waals surface area contributed by atoms with E-state index in [2.05, 4.69) is 16.3 Å². The third-order valence-corrected chi connectivity index (χ3v) is 4.96. The van der Waals surface area contributed by atoms with E-state index in [-0.39, 0.29) is 18.1 Å². The first-order valence-electron chi connectivity index (χ1n) is 9.53. The fourth-order valence-electron chi connectivity index (χ4n) is 3.43. The molecular formula is C22H20F2N2O4. The zero-order valence-corrected chi connectivity index (χ0v) is 16.1. The van der Waals surface area contributed by atoms with Gasteiger partial charge in [-0.2, -0.15) is 14.0 Å². The van der Waals surface area contributed by atoms with Gasteiger partial charge in [0, 0.05) is 25.0 Å². The molecule has 8 heteroatoms. The Morgan fingerprint density at radius 2 is 2.10 bits per heavy atom. The van der Waals surface area contributed by atoms with Crippen LogP contribution in [-0.4, -0.2) is 32.0 Å². The Morgan fingerprint density at radius 1 is 1.20 bits per heavy atom. The summed E-state index contributed by atoms with van der Waals surface area (Å²) in [6.07, 6.45) is 3.19. The lowest BCUT2D eigenvalue weighted by Crippen LogP contribution is -2.29. The molecule has 0 amide bonds. The highest BCUT2D eigenvalue weighted by atomic mass is 19.3. The van der Waals surface area contributed by atoms with E-state index >= 15 is 0 Å². The number of nitrogens with one attached hydrogen (secondary N) is 1. The Hall–Kier alpha value is -3.15. The highest BCUT2D eigenvalue weighted by Gasteiger charge is 2.39. The minimum absolute atomic E-state index is 0.0436. The van der Waals surface area contributed by atoms with Crippen LogP contribution in [0.25, 0.3) is 5.70 Å². The molecule has 0 aromatic heterocycles. The van der Waals surface area contributed by atoms with Gasteiger partial charge >= 0.3 is 6.61 Å². The lowest BCUT2D eigenvalue weighted by molar-refractivity contribution is -0.0515. The van der Waals surface area contributed by atoms with Gasteiger partial charge < -0.3 is 14.2 Å². The molecule has 2 aromatic rings. The lowest BCUT2D eigenvalue weighted by Gasteiger charge is -2.15. The lowest BCUT2D eigenvalue weighted by atomic mass is 10.0. The van der Waals surface area contributed by atoms with Crippen LogP contribution in [0.3, 0.4) is 0 Å². The predicted molar refractivity (Wildman–Crippen MR) is 104 cm³/mol. The quantitative estimate of drug-likeness (QED) is 0.743. The van der Waals surface area contributed by atoms with Gasteiger partial charge in [0.1, 0.15) is 5.60 Å². The predicted octanol–water partition coefficient (Wildman–Crippen LogP) is 3.82. The monoisotopic (exact) mass is 414 g/mol. The molecule has 0 aliphatic carbocycles. The summed E-state index contributed by atoms with van der Waals surface area (Å²) in [5, 5.41) is 9.00. The van der Waals surface area contributed by atoms with E-state index in [1.807, 2.05) is 12.1 Å². The fraction of sp³-hybridized carbons (Fsp3) is 0.318. The number of nitrogens with zero attached hydrogens (tertiary/aromatic N) is 1. The van der Waals surface area contributed by atoms with Gasteiger partial charge in [-0.3, -0.25) is 10.3 Å². The maximum Gasteiger partial charge on any atom is 0.387 e. The summed E-state index contributed by atoms with van der Waals surface area (Å²) in [5.74, 6) is 0.161. The number of hydrogen-bond donors (Lipinski definition) is 1. The molecule has 2 aromatic carbocycles. The maximum atomic E-state index is 12.8. The number of hydroxylamine groups is 1. The van der Waals surface area contributed by atoms with Gasteiger partial charge in [-0.05, 0) is 42.0 Å². The Morgan fingerprint density at radius 3 is 2.87 bits per heavy atom. The highest BCUT2D eigenvalue weighted by Crippen LogP contribution is 2.36. The molecule has 1 saturated heterocycles. The van der Waals surface area contributed by atoms with Crippen LogP contribution in [0.15, 0.2) is 48.5 Å². The third kappa shape index (κ3) is 4.53. The van der Waals surface area contributed by atoms with E-state index in [9.17, 15) is 8.78 Å². The number of rotatable bonds is 7. The van der Waals surface area contributed by atoms with E-state index in [1.165, 1.54) is 6.07 Å². The molecule has 2 heterocycles. The van der Waals surface area contributed by atoms with Crippen molar-refractivity contribution in [3.05, 3.63) is 65.2 Å². The van der Waals surface area contributed by atoms with Crippen molar-refractivity contribution in [2.45, 2.75) is 25.1 Å². The molecule has 0 saturated carbocycles. The summed E-state index contributed by atoms with van der Waals surface area (Å²) in [7, 11) is 0. The first-order valence-corrected chi connectivity index (χ1v) is 9.53. The highest BCUT2D eigenvalue weighted by molar-refractivity contribution is 5.68. The van der Waals surface area contributed by atoms with E-state index < -0.39 is 12.2 Å². The van der Waals surface area contributed by atoms with Crippen LogP contribution in [0.1, 0.15) is 23.1 Å². The number of hydrogen-bond acceptors (Lipinski definition) is 6. The second-order valence-electron chi connectivity index (χ2n) is 7.08. The molecule has 2 aliphatic rings. The zero-order valence-electron chi connectivity index (χ0n) is 16.1. The van der Waals surface area contributed by atoms with Crippen molar-refractivity contribution in [1.82, 2.24) is 5.48 Å². The standard InChI is InChI=1S/C22H20F2N2O4/c23-21(24)29-19-5-4-17(18-12-22(30-26-18)7-9-27-14-22)11-20(19)28-8-6-15-2-1-3-16(10-15)13-25/h1-5,10-12,21,26H,6-9,14H2. The van der Waals surface area contributed by atoms with Crippen LogP contribution in [0.4, 0.5) is 8.78 Å². The molecule has 156 valence electrons. The van der Waals surface area contributed by atoms with Gasteiger partial charge in [0.25, 0.3) is 0 Å². The van der Waals surface area contributed by atoms with Crippen LogP contribution >= 0.6 is 0 Å². The van der Waals surface area contributed by atoms with Gasteiger partial charge in [-0.1, -0.05) is 12.1 Å². The molecule has 6 nitrogen and oxygen atoms in total. The topological polar surface area (TPSA) is 72.7 Å². The number of alkyl halides is 2. The van der Waals surface area contributed by atoms with Crippen LogP contribution in [0.5, 0.6) is 11.5 Å². The molecule has 4 rings (SSSR count). The first kappa shape index (κ1) is 20.1. The molecule has 1 unspecified atom stereocenters. The number of halogens is 2. The largest absolute Gasteiger partial charge is 0.489 e. The average Bonchev–Trinajstić information content (AvgIpc) is 3.39. The van der Waals surface area contributed by atoms with Crippen LogP contribution in [0, 0.1) is 11.3 Å². The van der Waals surface area contributed by atoms with Gasteiger partial charge in [0.2, 0.25) is 0 Å². The summed E-state index contributed by atoms with van der Waals surface area (Å²) in [5.41, 5.74) is 5.31. The smallest absolute Gasteiger partial charge is 0.387 e. The van der Waals surface area contributed by atoms with Crippen molar-refractivity contribution in [2.24, 2.45) is 0 Å². The van der Waals surface area contributed by atoms with Crippen LogP contribution in [-0.2, 0) is 16.0 Å². The molecule has 1 fully saturated rings. The molecule has 30 heavy (non-hydrogen) atoms. The van der Waals surface area contributed by atoms with Gasteiger partial charge in [-0.15, -0.1) is 0 Å². The number of ether oxygens (including phenoxy) is 3. The zero-order chi connectivity index (χ0) is 21.0. The van der Waals surface area contributed by atoms with Crippen molar-refractivity contribution < 1.29 is 27.8 Å². The van der Waals surface area contributed by atoms with Crippen molar-refractivity contribution in [3.63, 3.8) is 0 Å². The van der Waals surface area contributed by atoms with Crippen molar-refractivity contribution in [3.8, 4) is 17.6 Å². The van der Waals surface area contributed by atoms with Crippen molar-refractivity contribution >= 4 is 5.70 Å². The Bertz CT molecular complexity index is 981. The van der Waals surface area contributed by atoms with E-state index in [0.29, 0.717) is 25.2 Å². The molecule has 1 N–H and O–H groups in total. The van der Waals surface area contributed by atoms with E-state index in [0.717, 1.165) is 23.2 Å². The summed E-state index contributed by atoms with van der Waals surface area (Å²) in [4.78, 5) is 5.68. The second-order valence-corrected chi connectivity index (χ2v) is 7.08. The molecule has 0 radical (unpaired) electrons. The number of nitriles is 1. The molecule has 1 atom stereocenters. The van der Waals surface area contributed by atoms with Crippen LogP contribution in [0.2, 0.25) is 0 Å².